The lowest BCUT2D eigenvalue weighted by Crippen LogP contribution is -2.15. The lowest BCUT2D eigenvalue weighted by molar-refractivity contribution is 0.510. The quantitative estimate of drug-likeness (QED) is 0.592. The van der Waals surface area contributed by atoms with Crippen LogP contribution < -0.4 is 5.49 Å². The van der Waals surface area contributed by atoms with E-state index in [1.165, 1.54) is 4.40 Å². The van der Waals surface area contributed by atoms with Crippen LogP contribution in [-0.2, 0) is 0 Å². The molecule has 0 unspecified atom stereocenters. The summed E-state index contributed by atoms with van der Waals surface area (Å²) in [4.78, 5) is 4.18. The van der Waals surface area contributed by atoms with Crippen LogP contribution in [-0.4, -0.2) is 9.38 Å². The van der Waals surface area contributed by atoms with E-state index in [2.05, 4.69) is 4.98 Å². The Morgan fingerprint density at radius 3 is 2.71 bits per heavy atom. The van der Waals surface area contributed by atoms with E-state index in [1.807, 2.05) is 0 Å². The third-order valence-corrected chi connectivity index (χ3v) is 2.61. The summed E-state index contributed by atoms with van der Waals surface area (Å²) < 4.78 is 27.7. The van der Waals surface area contributed by atoms with E-state index in [9.17, 15) is 8.78 Å². The standard InChI is InChI=1S/C12H7F2N3/c13-8-5-7-10(6-9(8)14)16-11-3-1-2-4-17(11)12(7)15/h1-6,15H. The van der Waals surface area contributed by atoms with Gasteiger partial charge in [0.15, 0.2) is 11.6 Å². The summed E-state index contributed by atoms with van der Waals surface area (Å²) in [6.45, 7) is 0. The minimum absolute atomic E-state index is 0.0875. The van der Waals surface area contributed by atoms with Gasteiger partial charge in [-0.2, -0.15) is 0 Å². The van der Waals surface area contributed by atoms with E-state index >= 15 is 0 Å². The summed E-state index contributed by atoms with van der Waals surface area (Å²) in [5, 5.41) is 8.22. The molecule has 0 aliphatic rings. The predicted molar refractivity (Wildman–Crippen MR) is 58.5 cm³/mol. The van der Waals surface area contributed by atoms with Gasteiger partial charge in [0.2, 0.25) is 0 Å². The zero-order valence-electron chi connectivity index (χ0n) is 8.61. The van der Waals surface area contributed by atoms with Gasteiger partial charge in [-0.1, -0.05) is 6.07 Å². The second kappa shape index (κ2) is 3.35. The number of aromatic nitrogens is 2. The molecule has 2 aromatic heterocycles. The van der Waals surface area contributed by atoms with Crippen molar-refractivity contribution in [2.75, 3.05) is 0 Å². The number of hydrogen-bond acceptors (Lipinski definition) is 2. The van der Waals surface area contributed by atoms with Gasteiger partial charge in [-0.3, -0.25) is 9.81 Å². The van der Waals surface area contributed by atoms with Crippen molar-refractivity contribution in [3.8, 4) is 0 Å². The maximum Gasteiger partial charge on any atom is 0.161 e. The summed E-state index contributed by atoms with van der Waals surface area (Å²) >= 11 is 0. The predicted octanol–water partition coefficient (Wildman–Crippen LogP) is 2.25. The van der Waals surface area contributed by atoms with Gasteiger partial charge in [-0.15, -0.1) is 0 Å². The van der Waals surface area contributed by atoms with Gasteiger partial charge < -0.3 is 0 Å². The molecule has 0 aliphatic carbocycles. The van der Waals surface area contributed by atoms with E-state index < -0.39 is 11.6 Å². The Morgan fingerprint density at radius 1 is 1.12 bits per heavy atom. The van der Waals surface area contributed by atoms with Crippen LogP contribution in [0.2, 0.25) is 0 Å². The zero-order valence-corrected chi connectivity index (χ0v) is 8.61. The highest BCUT2D eigenvalue weighted by Gasteiger charge is 2.08. The van der Waals surface area contributed by atoms with Gasteiger partial charge in [-0.25, -0.2) is 13.8 Å². The van der Waals surface area contributed by atoms with Crippen molar-refractivity contribution in [1.29, 1.82) is 5.41 Å². The molecular weight excluding hydrogens is 224 g/mol. The minimum Gasteiger partial charge on any atom is -0.286 e. The number of pyridine rings is 1. The van der Waals surface area contributed by atoms with Gasteiger partial charge in [0.1, 0.15) is 11.1 Å². The number of halogens is 2. The number of nitrogens with zero attached hydrogens (tertiary/aromatic N) is 2. The first-order valence-corrected chi connectivity index (χ1v) is 4.97. The number of benzene rings is 1. The maximum absolute atomic E-state index is 13.1. The summed E-state index contributed by atoms with van der Waals surface area (Å²) in [6.07, 6.45) is 1.66. The molecule has 1 aromatic carbocycles. The van der Waals surface area contributed by atoms with Crippen LogP contribution >= 0.6 is 0 Å². The molecule has 0 saturated carbocycles. The fourth-order valence-corrected chi connectivity index (χ4v) is 1.79. The van der Waals surface area contributed by atoms with Crippen LogP contribution in [0.4, 0.5) is 8.78 Å². The average Bonchev–Trinajstić information content (AvgIpc) is 2.32. The van der Waals surface area contributed by atoms with E-state index in [0.717, 1.165) is 12.1 Å². The Kier molecular flexibility index (Phi) is 1.95. The highest BCUT2D eigenvalue weighted by atomic mass is 19.2. The maximum atomic E-state index is 13.1. The van der Waals surface area contributed by atoms with Crippen LogP contribution in [0.25, 0.3) is 16.6 Å². The molecule has 0 spiro atoms. The Hall–Kier alpha value is -2.30. The Balaban J connectivity index is 2.60. The highest BCUT2D eigenvalue weighted by molar-refractivity contribution is 5.79. The Labute approximate surface area is 94.5 Å². The first-order chi connectivity index (χ1) is 8.16. The Morgan fingerprint density at radius 2 is 1.88 bits per heavy atom. The van der Waals surface area contributed by atoms with E-state index in [1.54, 1.807) is 24.4 Å². The van der Waals surface area contributed by atoms with Crippen molar-refractivity contribution >= 4 is 16.6 Å². The highest BCUT2D eigenvalue weighted by Crippen LogP contribution is 2.14. The van der Waals surface area contributed by atoms with Crippen LogP contribution in [0.3, 0.4) is 0 Å². The molecule has 3 rings (SSSR count). The molecular formula is C12H7F2N3. The monoisotopic (exact) mass is 231 g/mol. The van der Waals surface area contributed by atoms with Crippen molar-refractivity contribution in [3.63, 3.8) is 0 Å². The molecule has 0 amide bonds. The first-order valence-electron chi connectivity index (χ1n) is 4.97. The normalized spacial score (nSPS) is 11.2. The van der Waals surface area contributed by atoms with Gasteiger partial charge >= 0.3 is 0 Å². The van der Waals surface area contributed by atoms with Crippen LogP contribution in [0.5, 0.6) is 0 Å². The zero-order chi connectivity index (χ0) is 12.0. The van der Waals surface area contributed by atoms with Crippen molar-refractivity contribution in [2.24, 2.45) is 0 Å². The number of hydrogen-bond donors (Lipinski definition) is 1. The lowest BCUT2D eigenvalue weighted by Gasteiger charge is -2.04. The second-order valence-electron chi connectivity index (χ2n) is 3.67. The van der Waals surface area contributed by atoms with Gasteiger partial charge in [-0.05, 0) is 18.2 Å². The molecule has 0 aliphatic heterocycles. The largest absolute Gasteiger partial charge is 0.286 e. The van der Waals surface area contributed by atoms with Crippen molar-refractivity contribution < 1.29 is 8.78 Å². The van der Waals surface area contributed by atoms with Gasteiger partial charge in [0.25, 0.3) is 0 Å². The van der Waals surface area contributed by atoms with Crippen LogP contribution in [0.1, 0.15) is 0 Å². The summed E-state index contributed by atoms with van der Waals surface area (Å²) in [5.74, 6) is -1.92. The van der Waals surface area contributed by atoms with Gasteiger partial charge in [0.05, 0.1) is 5.52 Å². The molecule has 0 bridgehead atoms. The minimum atomic E-state index is -0.969. The SMILES string of the molecule is N=c1c2cc(F)c(F)cc2nc2ccccn12. The van der Waals surface area contributed by atoms with E-state index in [0.29, 0.717) is 5.65 Å². The lowest BCUT2D eigenvalue weighted by atomic mass is 10.2. The molecule has 17 heavy (non-hydrogen) atoms. The third kappa shape index (κ3) is 1.39. The molecule has 0 radical (unpaired) electrons. The molecule has 0 fully saturated rings. The molecule has 0 atom stereocenters. The summed E-state index contributed by atoms with van der Waals surface area (Å²) in [7, 11) is 0. The molecule has 2 heterocycles. The van der Waals surface area contributed by atoms with E-state index in [4.69, 9.17) is 5.41 Å². The van der Waals surface area contributed by atoms with Crippen LogP contribution in [0, 0.1) is 17.0 Å². The fourth-order valence-electron chi connectivity index (χ4n) is 1.79. The summed E-state index contributed by atoms with van der Waals surface area (Å²) in [6, 6.07) is 7.24. The molecule has 84 valence electrons. The molecule has 3 aromatic rings. The molecule has 1 N–H and O–H groups in total. The molecule has 5 heteroatoms. The van der Waals surface area contributed by atoms with Crippen molar-refractivity contribution in [1.82, 2.24) is 9.38 Å². The molecule has 0 saturated heterocycles. The molecule has 3 nitrogen and oxygen atoms in total. The Bertz CT molecular complexity index is 793. The smallest absolute Gasteiger partial charge is 0.161 e. The number of nitrogens with one attached hydrogen (secondary N) is 1. The first kappa shape index (κ1) is 9.89. The topological polar surface area (TPSA) is 41.2 Å². The third-order valence-electron chi connectivity index (χ3n) is 2.61. The fraction of sp³-hybridized carbons (Fsp3) is 0. The number of fused-ring (bicyclic) bond motifs is 2. The number of rotatable bonds is 0. The average molecular weight is 231 g/mol. The van der Waals surface area contributed by atoms with Gasteiger partial charge in [0, 0.05) is 17.6 Å². The summed E-state index contributed by atoms with van der Waals surface area (Å²) in [5.41, 5.74) is 0.889. The second-order valence-corrected chi connectivity index (χ2v) is 3.67. The van der Waals surface area contributed by atoms with Crippen molar-refractivity contribution in [2.45, 2.75) is 0 Å². The van der Waals surface area contributed by atoms with Crippen molar-refractivity contribution in [3.05, 3.63) is 53.7 Å². The van der Waals surface area contributed by atoms with Crippen LogP contribution in [0.15, 0.2) is 36.5 Å². The van der Waals surface area contributed by atoms with E-state index in [-0.39, 0.29) is 16.4 Å².